The van der Waals surface area contributed by atoms with E-state index in [4.69, 9.17) is 4.74 Å². The molecular formula is C16H24N2O4S. The summed E-state index contributed by atoms with van der Waals surface area (Å²) >= 11 is 0. The summed E-state index contributed by atoms with van der Waals surface area (Å²) in [5.74, 6) is 0.548. The first-order valence-corrected chi connectivity index (χ1v) is 9.51. The lowest BCUT2D eigenvalue weighted by Crippen LogP contribution is -2.46. The Morgan fingerprint density at radius 2 is 1.91 bits per heavy atom. The molecule has 1 aromatic carbocycles. The van der Waals surface area contributed by atoms with Gasteiger partial charge in [-0.15, -0.1) is 0 Å². The molecule has 7 heteroatoms. The number of nitrogens with zero attached hydrogens (tertiary/aromatic N) is 2. The molecule has 0 spiro atoms. The number of β-amino-alcohol motifs (C(OH)–C–C–N with tert-alkyl or cyclic N) is 1. The van der Waals surface area contributed by atoms with Gasteiger partial charge in [0.05, 0.1) is 18.1 Å². The molecule has 23 heavy (non-hydrogen) atoms. The SMILES string of the molecule is COc1cccc(S(=O)(=O)N2CCC(N3CCC(O)C3)CC2)c1. The Hall–Kier alpha value is -1.15. The number of hydrogen-bond donors (Lipinski definition) is 1. The van der Waals surface area contributed by atoms with Gasteiger partial charge in [0.1, 0.15) is 5.75 Å². The zero-order valence-corrected chi connectivity index (χ0v) is 14.2. The Morgan fingerprint density at radius 1 is 1.17 bits per heavy atom. The van der Waals surface area contributed by atoms with Crippen molar-refractivity contribution in [1.82, 2.24) is 9.21 Å². The van der Waals surface area contributed by atoms with Crippen molar-refractivity contribution in [3.8, 4) is 5.75 Å². The monoisotopic (exact) mass is 340 g/mol. The van der Waals surface area contributed by atoms with E-state index in [2.05, 4.69) is 4.90 Å². The van der Waals surface area contributed by atoms with Crippen molar-refractivity contribution in [3.63, 3.8) is 0 Å². The van der Waals surface area contributed by atoms with Crippen LogP contribution in [0.4, 0.5) is 0 Å². The van der Waals surface area contributed by atoms with E-state index in [1.807, 2.05) is 0 Å². The number of likely N-dealkylation sites (tertiary alicyclic amines) is 1. The van der Waals surface area contributed by atoms with E-state index >= 15 is 0 Å². The van der Waals surface area contributed by atoms with Gasteiger partial charge < -0.3 is 9.84 Å². The van der Waals surface area contributed by atoms with Gasteiger partial charge in [-0.1, -0.05) is 6.07 Å². The fourth-order valence-electron chi connectivity index (χ4n) is 3.46. The van der Waals surface area contributed by atoms with Crippen molar-refractivity contribution in [1.29, 1.82) is 0 Å². The Kier molecular flexibility index (Phi) is 4.91. The minimum absolute atomic E-state index is 0.228. The Balaban J connectivity index is 1.66. The van der Waals surface area contributed by atoms with Crippen LogP contribution in [-0.2, 0) is 10.0 Å². The highest BCUT2D eigenvalue weighted by Crippen LogP contribution is 2.26. The second-order valence-corrected chi connectivity index (χ2v) is 8.19. The van der Waals surface area contributed by atoms with Gasteiger partial charge in [-0.05, 0) is 31.4 Å². The lowest BCUT2D eigenvalue weighted by atomic mass is 10.1. The van der Waals surface area contributed by atoms with Crippen LogP contribution < -0.4 is 4.74 Å². The summed E-state index contributed by atoms with van der Waals surface area (Å²) in [4.78, 5) is 2.58. The second kappa shape index (κ2) is 6.76. The minimum Gasteiger partial charge on any atom is -0.497 e. The molecule has 2 heterocycles. The van der Waals surface area contributed by atoms with Crippen molar-refractivity contribution >= 4 is 10.0 Å². The topological polar surface area (TPSA) is 70.1 Å². The third-order valence-corrected chi connectivity index (χ3v) is 6.71. The summed E-state index contributed by atoms with van der Waals surface area (Å²) in [6.45, 7) is 2.68. The van der Waals surface area contributed by atoms with Gasteiger partial charge >= 0.3 is 0 Å². The molecule has 3 rings (SSSR count). The summed E-state index contributed by atoms with van der Waals surface area (Å²) < 4.78 is 32.2. The maximum absolute atomic E-state index is 12.8. The molecule has 6 nitrogen and oxygen atoms in total. The van der Waals surface area contributed by atoms with Crippen LogP contribution in [0.5, 0.6) is 5.75 Å². The lowest BCUT2D eigenvalue weighted by molar-refractivity contribution is 0.132. The molecule has 0 aliphatic carbocycles. The van der Waals surface area contributed by atoms with E-state index < -0.39 is 10.0 Å². The fourth-order valence-corrected chi connectivity index (χ4v) is 4.96. The zero-order valence-electron chi connectivity index (χ0n) is 13.4. The van der Waals surface area contributed by atoms with Gasteiger partial charge in [0.15, 0.2) is 0 Å². The smallest absolute Gasteiger partial charge is 0.243 e. The molecule has 1 unspecified atom stereocenters. The lowest BCUT2D eigenvalue weighted by Gasteiger charge is -2.36. The number of methoxy groups -OCH3 is 1. The summed E-state index contributed by atoms with van der Waals surface area (Å²) in [5.41, 5.74) is 0. The minimum atomic E-state index is -3.47. The third kappa shape index (κ3) is 3.52. The molecule has 0 amide bonds. The number of hydrogen-bond acceptors (Lipinski definition) is 5. The number of aliphatic hydroxyl groups is 1. The van der Waals surface area contributed by atoms with E-state index in [0.717, 1.165) is 25.8 Å². The summed E-state index contributed by atoms with van der Waals surface area (Å²) in [7, 11) is -1.94. The normalized spacial score (nSPS) is 24.9. The van der Waals surface area contributed by atoms with Crippen molar-refractivity contribution in [2.75, 3.05) is 33.3 Å². The first-order chi connectivity index (χ1) is 11.0. The quantitative estimate of drug-likeness (QED) is 0.882. The van der Waals surface area contributed by atoms with Crippen LogP contribution in [-0.4, -0.2) is 68.2 Å². The van der Waals surface area contributed by atoms with Gasteiger partial charge in [0.25, 0.3) is 0 Å². The average molecular weight is 340 g/mol. The molecule has 2 saturated heterocycles. The maximum atomic E-state index is 12.8. The molecule has 1 N–H and O–H groups in total. The zero-order chi connectivity index (χ0) is 16.4. The molecular weight excluding hydrogens is 316 g/mol. The Morgan fingerprint density at radius 3 is 2.52 bits per heavy atom. The highest BCUT2D eigenvalue weighted by molar-refractivity contribution is 7.89. The van der Waals surface area contributed by atoms with Crippen LogP contribution in [0, 0.1) is 0 Å². The van der Waals surface area contributed by atoms with Gasteiger partial charge in [-0.25, -0.2) is 8.42 Å². The number of rotatable bonds is 4. The standard InChI is InChI=1S/C16H24N2O4S/c1-22-15-3-2-4-16(11-15)23(20,21)18-9-5-13(6-10-18)17-8-7-14(19)12-17/h2-4,11,13-14,19H,5-10,12H2,1H3. The fraction of sp³-hybridized carbons (Fsp3) is 0.625. The van der Waals surface area contributed by atoms with Crippen LogP contribution in [0.1, 0.15) is 19.3 Å². The summed E-state index contributed by atoms with van der Waals surface area (Å²) in [6.07, 6.45) is 2.22. The average Bonchev–Trinajstić information content (AvgIpc) is 3.01. The number of ether oxygens (including phenoxy) is 1. The van der Waals surface area contributed by atoms with Crippen LogP contribution in [0.3, 0.4) is 0 Å². The summed E-state index contributed by atoms with van der Waals surface area (Å²) in [6, 6.07) is 7.00. The highest BCUT2D eigenvalue weighted by Gasteiger charge is 2.34. The van der Waals surface area contributed by atoms with E-state index in [1.54, 1.807) is 28.6 Å². The number of aliphatic hydroxyl groups excluding tert-OH is 1. The van der Waals surface area contributed by atoms with E-state index in [0.29, 0.717) is 31.4 Å². The number of sulfonamides is 1. The third-order valence-electron chi connectivity index (χ3n) is 4.81. The maximum Gasteiger partial charge on any atom is 0.243 e. The molecule has 1 aromatic rings. The van der Waals surface area contributed by atoms with E-state index in [1.165, 1.54) is 7.11 Å². The first kappa shape index (κ1) is 16.7. The van der Waals surface area contributed by atoms with E-state index in [9.17, 15) is 13.5 Å². The Bertz CT molecular complexity index is 641. The first-order valence-electron chi connectivity index (χ1n) is 8.07. The van der Waals surface area contributed by atoms with Crippen LogP contribution in [0.25, 0.3) is 0 Å². The van der Waals surface area contributed by atoms with Crippen LogP contribution in [0.2, 0.25) is 0 Å². The molecule has 0 radical (unpaired) electrons. The molecule has 128 valence electrons. The highest BCUT2D eigenvalue weighted by atomic mass is 32.2. The second-order valence-electron chi connectivity index (χ2n) is 6.25. The molecule has 2 aliphatic rings. The van der Waals surface area contributed by atoms with Crippen molar-refractivity contribution in [3.05, 3.63) is 24.3 Å². The number of benzene rings is 1. The van der Waals surface area contributed by atoms with E-state index in [-0.39, 0.29) is 11.0 Å². The van der Waals surface area contributed by atoms with Crippen molar-refractivity contribution in [2.24, 2.45) is 0 Å². The predicted molar refractivity (Wildman–Crippen MR) is 87.0 cm³/mol. The molecule has 0 aromatic heterocycles. The molecule has 0 saturated carbocycles. The van der Waals surface area contributed by atoms with Gasteiger partial charge in [-0.2, -0.15) is 4.31 Å². The summed E-state index contributed by atoms with van der Waals surface area (Å²) in [5, 5.41) is 9.65. The molecule has 2 aliphatic heterocycles. The van der Waals surface area contributed by atoms with Crippen molar-refractivity contribution in [2.45, 2.75) is 36.3 Å². The van der Waals surface area contributed by atoms with Gasteiger partial charge in [-0.3, -0.25) is 4.90 Å². The number of piperidine rings is 1. The van der Waals surface area contributed by atoms with Gasteiger partial charge in [0, 0.05) is 38.3 Å². The Labute approximate surface area is 137 Å². The molecule has 0 bridgehead atoms. The van der Waals surface area contributed by atoms with Crippen LogP contribution >= 0.6 is 0 Å². The van der Waals surface area contributed by atoms with Gasteiger partial charge in [0.2, 0.25) is 10.0 Å². The molecule has 2 fully saturated rings. The van der Waals surface area contributed by atoms with Crippen LogP contribution in [0.15, 0.2) is 29.2 Å². The molecule has 1 atom stereocenters. The predicted octanol–water partition coefficient (Wildman–Crippen LogP) is 0.915. The van der Waals surface area contributed by atoms with Crippen molar-refractivity contribution < 1.29 is 18.3 Å². The largest absolute Gasteiger partial charge is 0.497 e.